The second kappa shape index (κ2) is 12.4. The number of rotatable bonds is 13. The van der Waals surface area contributed by atoms with Crippen molar-refractivity contribution in [1.29, 1.82) is 0 Å². The first kappa shape index (κ1) is 24.8. The highest BCUT2D eigenvalue weighted by Crippen LogP contribution is 2.24. The van der Waals surface area contributed by atoms with Gasteiger partial charge in [-0.3, -0.25) is 9.36 Å². The predicted molar refractivity (Wildman–Crippen MR) is 131 cm³/mol. The number of benzene rings is 2. The average Bonchev–Trinajstić information content (AvgIpc) is 3.53. The summed E-state index contributed by atoms with van der Waals surface area (Å²) in [6, 6.07) is 11.8. The van der Waals surface area contributed by atoms with Crippen LogP contribution in [0.3, 0.4) is 0 Å². The molecule has 184 valence electrons. The van der Waals surface area contributed by atoms with Crippen molar-refractivity contribution in [2.45, 2.75) is 44.0 Å². The SMILES string of the molecule is COc1ccc(CSCCCCc2ncn(CC(Cn3cncn3)c3ccc(F)cc3F)n2)cc1. The molecule has 0 bridgehead atoms. The average molecular weight is 499 g/mol. The first-order valence-corrected chi connectivity index (χ1v) is 12.6. The molecule has 0 saturated heterocycles. The molecule has 1 unspecified atom stereocenters. The van der Waals surface area contributed by atoms with Gasteiger partial charge in [0.25, 0.3) is 0 Å². The minimum Gasteiger partial charge on any atom is -0.497 e. The van der Waals surface area contributed by atoms with Crippen LogP contribution in [0.1, 0.15) is 35.7 Å². The fourth-order valence-corrected chi connectivity index (χ4v) is 4.78. The maximum absolute atomic E-state index is 14.5. The molecule has 2 heterocycles. The van der Waals surface area contributed by atoms with Crippen LogP contribution in [0.4, 0.5) is 8.78 Å². The normalized spacial score (nSPS) is 12.1. The molecule has 4 rings (SSSR count). The molecule has 1 atom stereocenters. The zero-order valence-corrected chi connectivity index (χ0v) is 20.4. The Balaban J connectivity index is 1.26. The molecule has 35 heavy (non-hydrogen) atoms. The minimum absolute atomic E-state index is 0.304. The van der Waals surface area contributed by atoms with Crippen LogP contribution in [-0.4, -0.2) is 42.4 Å². The Hall–Kier alpha value is -3.27. The molecule has 0 aliphatic carbocycles. The zero-order chi connectivity index (χ0) is 24.5. The second-order valence-electron chi connectivity index (χ2n) is 8.22. The third-order valence-electron chi connectivity index (χ3n) is 5.63. The van der Waals surface area contributed by atoms with Crippen LogP contribution in [0.15, 0.2) is 61.4 Å². The number of thioether (sulfide) groups is 1. The van der Waals surface area contributed by atoms with Gasteiger partial charge in [0.2, 0.25) is 0 Å². The van der Waals surface area contributed by atoms with Crippen molar-refractivity contribution < 1.29 is 13.5 Å². The predicted octanol–water partition coefficient (Wildman–Crippen LogP) is 4.90. The Morgan fingerprint density at radius 1 is 1.00 bits per heavy atom. The summed E-state index contributed by atoms with van der Waals surface area (Å²) >= 11 is 1.91. The van der Waals surface area contributed by atoms with E-state index in [-0.39, 0.29) is 5.92 Å². The molecular formula is C25H28F2N6OS. The molecular weight excluding hydrogens is 470 g/mol. The van der Waals surface area contributed by atoms with Gasteiger partial charge < -0.3 is 4.74 Å². The topological polar surface area (TPSA) is 70.7 Å². The van der Waals surface area contributed by atoms with Gasteiger partial charge in [-0.15, -0.1) is 0 Å². The highest BCUT2D eigenvalue weighted by atomic mass is 32.2. The Bertz CT molecular complexity index is 1180. The van der Waals surface area contributed by atoms with Crippen molar-refractivity contribution >= 4 is 11.8 Å². The molecule has 0 aliphatic rings. The van der Waals surface area contributed by atoms with Crippen molar-refractivity contribution in [3.8, 4) is 5.75 Å². The third kappa shape index (κ3) is 7.35. The van der Waals surface area contributed by atoms with E-state index in [2.05, 4.69) is 32.3 Å². The summed E-state index contributed by atoms with van der Waals surface area (Å²) in [6.45, 7) is 0.788. The molecule has 2 aromatic heterocycles. The van der Waals surface area contributed by atoms with Crippen LogP contribution in [0.25, 0.3) is 0 Å². The van der Waals surface area contributed by atoms with Gasteiger partial charge in [-0.2, -0.15) is 22.0 Å². The van der Waals surface area contributed by atoms with Crippen molar-refractivity contribution in [3.63, 3.8) is 0 Å². The fourth-order valence-electron chi connectivity index (χ4n) is 3.80. The maximum atomic E-state index is 14.5. The summed E-state index contributed by atoms with van der Waals surface area (Å²) in [6.07, 6.45) is 7.53. The standard InChI is InChI=1S/C25H28F2N6OS/c1-34-22-8-5-19(6-9-22)15-35-11-3-2-4-25-29-18-33(31-25)14-20(13-32-17-28-16-30-32)23-10-7-21(26)12-24(23)27/h5-10,12,16-18,20H,2-4,11,13-15H2,1H3. The lowest BCUT2D eigenvalue weighted by molar-refractivity contribution is 0.414. The van der Waals surface area contributed by atoms with Crippen molar-refractivity contribution in [2.75, 3.05) is 12.9 Å². The van der Waals surface area contributed by atoms with Gasteiger partial charge in [0, 0.05) is 24.2 Å². The van der Waals surface area contributed by atoms with E-state index in [1.807, 2.05) is 23.9 Å². The molecule has 0 fully saturated rings. The number of hydrogen-bond acceptors (Lipinski definition) is 6. The molecule has 0 amide bonds. The molecule has 7 nitrogen and oxygen atoms in total. The monoisotopic (exact) mass is 498 g/mol. The summed E-state index contributed by atoms with van der Waals surface area (Å²) in [7, 11) is 1.67. The van der Waals surface area contributed by atoms with Gasteiger partial charge >= 0.3 is 0 Å². The Labute approximate surface area is 207 Å². The Morgan fingerprint density at radius 3 is 2.57 bits per heavy atom. The van der Waals surface area contributed by atoms with E-state index in [9.17, 15) is 8.78 Å². The van der Waals surface area contributed by atoms with Gasteiger partial charge in [-0.25, -0.2) is 18.7 Å². The lowest BCUT2D eigenvalue weighted by atomic mass is 9.98. The van der Waals surface area contributed by atoms with E-state index in [0.717, 1.165) is 48.4 Å². The Kier molecular flexibility index (Phi) is 8.83. The number of ether oxygens (including phenoxy) is 1. The molecule has 10 heteroatoms. The van der Waals surface area contributed by atoms with Gasteiger partial charge in [0.05, 0.1) is 20.2 Å². The van der Waals surface area contributed by atoms with Gasteiger partial charge in [0.15, 0.2) is 5.82 Å². The quantitative estimate of drug-likeness (QED) is 0.244. The number of aryl methyl sites for hydroxylation is 1. The fraction of sp³-hybridized carbons (Fsp3) is 0.360. The number of nitrogens with zero attached hydrogens (tertiary/aromatic N) is 6. The molecule has 0 saturated carbocycles. The molecule has 0 aliphatic heterocycles. The first-order valence-electron chi connectivity index (χ1n) is 11.5. The molecule has 0 spiro atoms. The number of hydrogen-bond donors (Lipinski definition) is 0. The largest absolute Gasteiger partial charge is 0.497 e. The summed E-state index contributed by atoms with van der Waals surface area (Å²) in [5.74, 6) is 2.20. The van der Waals surface area contributed by atoms with E-state index in [0.29, 0.717) is 18.7 Å². The van der Waals surface area contributed by atoms with E-state index >= 15 is 0 Å². The van der Waals surface area contributed by atoms with Crippen LogP contribution in [0.5, 0.6) is 5.75 Å². The van der Waals surface area contributed by atoms with Crippen LogP contribution in [-0.2, 0) is 25.3 Å². The van der Waals surface area contributed by atoms with Crippen molar-refractivity contribution in [3.05, 3.63) is 90.0 Å². The van der Waals surface area contributed by atoms with Gasteiger partial charge in [-0.05, 0) is 47.9 Å². The number of halogens is 2. The second-order valence-corrected chi connectivity index (χ2v) is 9.33. The summed E-state index contributed by atoms with van der Waals surface area (Å²) < 4.78 is 36.5. The highest BCUT2D eigenvalue weighted by Gasteiger charge is 2.19. The maximum Gasteiger partial charge on any atom is 0.150 e. The van der Waals surface area contributed by atoms with Crippen molar-refractivity contribution in [1.82, 2.24) is 29.5 Å². The minimum atomic E-state index is -0.601. The van der Waals surface area contributed by atoms with Crippen LogP contribution in [0, 0.1) is 11.6 Å². The van der Waals surface area contributed by atoms with Crippen LogP contribution >= 0.6 is 11.8 Å². The van der Waals surface area contributed by atoms with E-state index in [4.69, 9.17) is 4.74 Å². The van der Waals surface area contributed by atoms with Crippen LogP contribution in [0.2, 0.25) is 0 Å². The summed E-state index contributed by atoms with van der Waals surface area (Å²) in [5, 5.41) is 8.70. The summed E-state index contributed by atoms with van der Waals surface area (Å²) in [4.78, 5) is 8.38. The third-order valence-corrected chi connectivity index (χ3v) is 6.75. The van der Waals surface area contributed by atoms with Crippen molar-refractivity contribution in [2.24, 2.45) is 0 Å². The van der Waals surface area contributed by atoms with Gasteiger partial charge in [0.1, 0.15) is 36.4 Å². The van der Waals surface area contributed by atoms with E-state index < -0.39 is 11.6 Å². The smallest absolute Gasteiger partial charge is 0.150 e. The lowest BCUT2D eigenvalue weighted by Gasteiger charge is -2.18. The van der Waals surface area contributed by atoms with Gasteiger partial charge in [-0.1, -0.05) is 18.2 Å². The zero-order valence-electron chi connectivity index (χ0n) is 19.6. The number of methoxy groups -OCH3 is 1. The molecule has 4 aromatic rings. The molecule has 2 aromatic carbocycles. The summed E-state index contributed by atoms with van der Waals surface area (Å²) in [5.41, 5.74) is 1.70. The first-order chi connectivity index (χ1) is 17.1. The van der Waals surface area contributed by atoms with E-state index in [1.54, 1.807) is 29.1 Å². The number of aromatic nitrogens is 6. The van der Waals surface area contributed by atoms with E-state index in [1.165, 1.54) is 24.0 Å². The molecule has 0 radical (unpaired) electrons. The molecule has 0 N–H and O–H groups in total. The highest BCUT2D eigenvalue weighted by molar-refractivity contribution is 7.98. The number of unbranched alkanes of at least 4 members (excludes halogenated alkanes) is 1. The van der Waals surface area contributed by atoms with Crippen LogP contribution < -0.4 is 4.74 Å². The lowest BCUT2D eigenvalue weighted by Crippen LogP contribution is -2.18. The Morgan fingerprint density at radius 2 is 1.83 bits per heavy atom.